The molecule has 0 aliphatic heterocycles. The Morgan fingerprint density at radius 1 is 1.64 bits per heavy atom. The lowest BCUT2D eigenvalue weighted by molar-refractivity contribution is 0.377. The first-order valence-corrected chi connectivity index (χ1v) is 4.77. The van der Waals surface area contributed by atoms with E-state index in [1.807, 2.05) is 7.05 Å². The molecule has 0 amide bonds. The number of halogens is 1. The van der Waals surface area contributed by atoms with Crippen LogP contribution in [0, 0.1) is 0 Å². The fourth-order valence-electron chi connectivity index (χ4n) is 1.02. The molecule has 1 unspecified atom stereocenters. The minimum Gasteiger partial charge on any atom is -0.467 e. The van der Waals surface area contributed by atoms with Gasteiger partial charge in [0, 0.05) is 12.5 Å². The van der Waals surface area contributed by atoms with Crippen LogP contribution in [0.4, 0.5) is 0 Å². The van der Waals surface area contributed by atoms with Crippen LogP contribution in [0.3, 0.4) is 0 Å². The van der Waals surface area contributed by atoms with Gasteiger partial charge in [0.1, 0.15) is 0 Å². The van der Waals surface area contributed by atoms with Crippen molar-refractivity contribution in [3.8, 4) is 6.01 Å². The van der Waals surface area contributed by atoms with Gasteiger partial charge in [-0.1, -0.05) is 11.6 Å². The fraction of sp³-hybridized carbons (Fsp3) is 0.556. The van der Waals surface area contributed by atoms with Crippen LogP contribution in [0.15, 0.2) is 6.20 Å². The van der Waals surface area contributed by atoms with Crippen LogP contribution in [-0.4, -0.2) is 30.2 Å². The van der Waals surface area contributed by atoms with E-state index >= 15 is 0 Å². The molecule has 0 fully saturated rings. The molecule has 0 spiro atoms. The topological polar surface area (TPSA) is 47.0 Å². The van der Waals surface area contributed by atoms with Gasteiger partial charge in [-0.2, -0.15) is 4.98 Å². The number of nitrogens with zero attached hydrogens (tertiary/aromatic N) is 2. The molecule has 78 valence electrons. The summed E-state index contributed by atoms with van der Waals surface area (Å²) < 4.78 is 4.92. The number of rotatable bonds is 4. The fourth-order valence-corrected chi connectivity index (χ4v) is 1.19. The molecule has 1 heterocycles. The first-order chi connectivity index (χ1) is 6.67. The number of nitrogens with one attached hydrogen (secondary N) is 1. The van der Waals surface area contributed by atoms with E-state index in [1.165, 1.54) is 7.11 Å². The maximum absolute atomic E-state index is 5.95. The molecule has 0 bridgehead atoms. The van der Waals surface area contributed by atoms with Gasteiger partial charge in [0.15, 0.2) is 0 Å². The zero-order chi connectivity index (χ0) is 10.6. The van der Waals surface area contributed by atoms with Gasteiger partial charge in [-0.3, -0.25) is 0 Å². The molecule has 1 aromatic heterocycles. The molecule has 1 N–H and O–H groups in total. The van der Waals surface area contributed by atoms with Crippen LogP contribution in [0.25, 0.3) is 0 Å². The summed E-state index contributed by atoms with van der Waals surface area (Å²) in [6.07, 6.45) is 2.32. The Labute approximate surface area is 88.7 Å². The summed E-state index contributed by atoms with van der Waals surface area (Å²) in [6.45, 7) is 2.06. The maximum atomic E-state index is 5.95. The molecule has 1 atom stereocenters. The van der Waals surface area contributed by atoms with E-state index in [0.29, 0.717) is 17.1 Å². The lowest BCUT2D eigenvalue weighted by atomic mass is 10.2. The van der Waals surface area contributed by atoms with Crippen molar-refractivity contribution in [2.75, 3.05) is 14.2 Å². The highest BCUT2D eigenvalue weighted by molar-refractivity contribution is 6.31. The van der Waals surface area contributed by atoms with E-state index in [0.717, 1.165) is 12.1 Å². The first kappa shape index (κ1) is 11.2. The largest absolute Gasteiger partial charge is 0.467 e. The number of aromatic nitrogens is 2. The average Bonchev–Trinajstić information content (AvgIpc) is 2.21. The Morgan fingerprint density at radius 3 is 2.93 bits per heavy atom. The number of likely N-dealkylation sites (N-methyl/N-ethyl adjacent to an activating group) is 1. The van der Waals surface area contributed by atoms with Crippen molar-refractivity contribution in [1.29, 1.82) is 0 Å². The average molecular weight is 216 g/mol. The number of hydrogen-bond donors (Lipinski definition) is 1. The van der Waals surface area contributed by atoms with Crippen molar-refractivity contribution in [3.05, 3.63) is 16.9 Å². The SMILES string of the molecule is CNC(C)Cc1nc(OC)ncc1Cl. The van der Waals surface area contributed by atoms with Gasteiger partial charge >= 0.3 is 6.01 Å². The van der Waals surface area contributed by atoms with E-state index in [9.17, 15) is 0 Å². The van der Waals surface area contributed by atoms with E-state index in [1.54, 1.807) is 6.20 Å². The molecule has 0 saturated carbocycles. The normalized spacial score (nSPS) is 12.6. The van der Waals surface area contributed by atoms with Crippen molar-refractivity contribution in [3.63, 3.8) is 0 Å². The van der Waals surface area contributed by atoms with Gasteiger partial charge in [-0.25, -0.2) is 4.98 Å². The molecule has 14 heavy (non-hydrogen) atoms. The predicted octanol–water partition coefficient (Wildman–Crippen LogP) is 1.29. The van der Waals surface area contributed by atoms with E-state index in [4.69, 9.17) is 16.3 Å². The van der Waals surface area contributed by atoms with Gasteiger partial charge in [-0.15, -0.1) is 0 Å². The molecule has 1 aromatic rings. The Balaban J connectivity index is 2.83. The van der Waals surface area contributed by atoms with Crippen molar-refractivity contribution >= 4 is 11.6 Å². The van der Waals surface area contributed by atoms with Crippen LogP contribution < -0.4 is 10.1 Å². The summed E-state index contributed by atoms with van der Waals surface area (Å²) in [4.78, 5) is 8.08. The predicted molar refractivity (Wildman–Crippen MR) is 55.8 cm³/mol. The maximum Gasteiger partial charge on any atom is 0.316 e. The zero-order valence-electron chi connectivity index (χ0n) is 8.54. The van der Waals surface area contributed by atoms with E-state index < -0.39 is 0 Å². The molecule has 0 aliphatic rings. The second kappa shape index (κ2) is 5.12. The highest BCUT2D eigenvalue weighted by atomic mass is 35.5. The summed E-state index contributed by atoms with van der Waals surface area (Å²) in [5.74, 6) is 0. The second-order valence-corrected chi connectivity index (χ2v) is 3.45. The Kier molecular flexibility index (Phi) is 4.10. The minimum atomic E-state index is 0.326. The van der Waals surface area contributed by atoms with Crippen LogP contribution >= 0.6 is 11.6 Å². The molecule has 5 heteroatoms. The summed E-state index contributed by atoms with van der Waals surface area (Å²) >= 11 is 5.95. The Bertz CT molecular complexity index is 306. The molecule has 4 nitrogen and oxygen atoms in total. The van der Waals surface area contributed by atoms with E-state index in [-0.39, 0.29) is 0 Å². The molecular formula is C9H14ClN3O. The molecule has 0 aliphatic carbocycles. The molecule has 0 radical (unpaired) electrons. The summed E-state index contributed by atoms with van der Waals surface area (Å²) in [6, 6.07) is 0.680. The van der Waals surface area contributed by atoms with Crippen molar-refractivity contribution in [2.24, 2.45) is 0 Å². The molecule has 0 saturated heterocycles. The summed E-state index contributed by atoms with van der Waals surface area (Å²) in [5, 5.41) is 3.69. The minimum absolute atomic E-state index is 0.326. The van der Waals surface area contributed by atoms with Crippen LogP contribution in [0.2, 0.25) is 5.02 Å². The number of methoxy groups -OCH3 is 1. The Hall–Kier alpha value is -0.870. The standard InChI is InChI=1S/C9H14ClN3O/c1-6(11-2)4-8-7(10)5-12-9(13-8)14-3/h5-6,11H,4H2,1-3H3. The smallest absolute Gasteiger partial charge is 0.316 e. The van der Waals surface area contributed by atoms with Crippen LogP contribution in [0.5, 0.6) is 6.01 Å². The summed E-state index contributed by atoms with van der Waals surface area (Å²) in [5.41, 5.74) is 0.806. The van der Waals surface area contributed by atoms with Crippen LogP contribution in [-0.2, 0) is 6.42 Å². The van der Waals surface area contributed by atoms with Crippen molar-refractivity contribution < 1.29 is 4.74 Å². The molecule has 1 rings (SSSR count). The van der Waals surface area contributed by atoms with E-state index in [2.05, 4.69) is 22.2 Å². The second-order valence-electron chi connectivity index (χ2n) is 3.05. The summed E-state index contributed by atoms with van der Waals surface area (Å²) in [7, 11) is 3.44. The van der Waals surface area contributed by atoms with Crippen molar-refractivity contribution in [1.82, 2.24) is 15.3 Å². The van der Waals surface area contributed by atoms with Crippen LogP contribution in [0.1, 0.15) is 12.6 Å². The number of hydrogen-bond acceptors (Lipinski definition) is 4. The van der Waals surface area contributed by atoms with Crippen molar-refractivity contribution in [2.45, 2.75) is 19.4 Å². The Morgan fingerprint density at radius 2 is 2.36 bits per heavy atom. The third kappa shape index (κ3) is 2.82. The third-order valence-electron chi connectivity index (χ3n) is 1.97. The lowest BCUT2D eigenvalue weighted by Crippen LogP contribution is -2.24. The quantitative estimate of drug-likeness (QED) is 0.822. The van der Waals surface area contributed by atoms with Gasteiger partial charge in [0.2, 0.25) is 0 Å². The monoisotopic (exact) mass is 215 g/mol. The lowest BCUT2D eigenvalue weighted by Gasteiger charge is -2.10. The third-order valence-corrected chi connectivity index (χ3v) is 2.29. The molecule has 0 aromatic carbocycles. The van der Waals surface area contributed by atoms with Gasteiger partial charge in [-0.05, 0) is 14.0 Å². The van der Waals surface area contributed by atoms with Gasteiger partial charge in [0.05, 0.1) is 24.0 Å². The zero-order valence-corrected chi connectivity index (χ0v) is 9.30. The first-order valence-electron chi connectivity index (χ1n) is 4.40. The highest BCUT2D eigenvalue weighted by Gasteiger charge is 2.08. The van der Waals surface area contributed by atoms with Gasteiger partial charge in [0.25, 0.3) is 0 Å². The number of ether oxygens (including phenoxy) is 1. The highest BCUT2D eigenvalue weighted by Crippen LogP contribution is 2.16. The molecular weight excluding hydrogens is 202 g/mol. The van der Waals surface area contributed by atoms with Gasteiger partial charge < -0.3 is 10.1 Å².